The fourth-order valence-electron chi connectivity index (χ4n) is 2.12. The van der Waals surface area contributed by atoms with Gasteiger partial charge in [0.15, 0.2) is 0 Å². The molecule has 0 bridgehead atoms. The number of nitrogens with one attached hydrogen (secondary N) is 1. The van der Waals surface area contributed by atoms with E-state index in [2.05, 4.69) is 5.32 Å². The number of nitrogens with two attached hydrogens (primary N) is 1. The van der Waals surface area contributed by atoms with E-state index in [-0.39, 0.29) is 5.91 Å². The number of carbonyl (C=O) groups excluding carboxylic acids is 1. The molecular formula is C16H24N2O3. The molecule has 5 nitrogen and oxygen atoms in total. The van der Waals surface area contributed by atoms with Crippen LogP contribution in [0.15, 0.2) is 30.3 Å². The predicted octanol–water partition coefficient (Wildman–Crippen LogP) is 1.56. The number of rotatable bonds is 9. The minimum absolute atomic E-state index is 0.220. The third-order valence-corrected chi connectivity index (χ3v) is 3.44. The fraction of sp³-hybridized carbons (Fsp3) is 0.500. The maximum Gasteiger partial charge on any atom is 0.326 e. The molecule has 0 aliphatic heterocycles. The smallest absolute Gasteiger partial charge is 0.326 e. The Bertz CT molecular complexity index is 448. The van der Waals surface area contributed by atoms with Crippen molar-refractivity contribution in [2.24, 2.45) is 11.7 Å². The molecule has 1 rings (SSSR count). The average molecular weight is 292 g/mol. The summed E-state index contributed by atoms with van der Waals surface area (Å²) in [5.41, 5.74) is 6.35. The van der Waals surface area contributed by atoms with E-state index in [9.17, 15) is 14.7 Å². The van der Waals surface area contributed by atoms with Crippen LogP contribution in [0, 0.1) is 5.92 Å². The number of hydrogen-bond acceptors (Lipinski definition) is 3. The molecule has 2 atom stereocenters. The first-order valence-electron chi connectivity index (χ1n) is 7.29. The van der Waals surface area contributed by atoms with Gasteiger partial charge in [0.2, 0.25) is 5.91 Å². The van der Waals surface area contributed by atoms with Crippen LogP contribution in [0.3, 0.4) is 0 Å². The summed E-state index contributed by atoms with van der Waals surface area (Å²) >= 11 is 0. The van der Waals surface area contributed by atoms with Crippen molar-refractivity contribution in [1.29, 1.82) is 0 Å². The second-order valence-electron chi connectivity index (χ2n) is 5.37. The Hall–Kier alpha value is -1.88. The third kappa shape index (κ3) is 6.90. The van der Waals surface area contributed by atoms with E-state index < -0.39 is 12.0 Å². The zero-order chi connectivity index (χ0) is 15.7. The first kappa shape index (κ1) is 17.2. The molecule has 0 saturated heterocycles. The van der Waals surface area contributed by atoms with Gasteiger partial charge in [-0.2, -0.15) is 0 Å². The van der Waals surface area contributed by atoms with Gasteiger partial charge in [-0.05, 0) is 30.9 Å². The van der Waals surface area contributed by atoms with E-state index in [1.807, 2.05) is 37.3 Å². The molecule has 0 radical (unpaired) electrons. The predicted molar refractivity (Wildman–Crippen MR) is 81.8 cm³/mol. The van der Waals surface area contributed by atoms with Crippen molar-refractivity contribution in [3.05, 3.63) is 35.9 Å². The first-order valence-corrected chi connectivity index (χ1v) is 7.29. The Morgan fingerprint density at radius 3 is 2.48 bits per heavy atom. The molecule has 5 heteroatoms. The summed E-state index contributed by atoms with van der Waals surface area (Å²) in [6.07, 6.45) is 2.22. The molecule has 1 amide bonds. The van der Waals surface area contributed by atoms with Crippen LogP contribution in [0.2, 0.25) is 0 Å². The van der Waals surface area contributed by atoms with Gasteiger partial charge in [-0.25, -0.2) is 4.79 Å². The second kappa shape index (κ2) is 9.13. The van der Waals surface area contributed by atoms with E-state index >= 15 is 0 Å². The largest absolute Gasteiger partial charge is 0.480 e. The Balaban J connectivity index is 2.47. The minimum Gasteiger partial charge on any atom is -0.480 e. The van der Waals surface area contributed by atoms with Crippen molar-refractivity contribution in [3.8, 4) is 0 Å². The van der Waals surface area contributed by atoms with Crippen LogP contribution >= 0.6 is 0 Å². The molecule has 1 unspecified atom stereocenters. The number of carboxylic acid groups (broad SMARTS) is 1. The van der Waals surface area contributed by atoms with E-state index in [0.29, 0.717) is 25.3 Å². The second-order valence-corrected chi connectivity index (χ2v) is 5.37. The summed E-state index contributed by atoms with van der Waals surface area (Å²) in [5.74, 6) is -0.859. The van der Waals surface area contributed by atoms with E-state index in [4.69, 9.17) is 5.73 Å². The van der Waals surface area contributed by atoms with Crippen molar-refractivity contribution in [2.45, 2.75) is 38.6 Å². The summed E-state index contributed by atoms with van der Waals surface area (Å²) < 4.78 is 0. The van der Waals surface area contributed by atoms with Crippen molar-refractivity contribution >= 4 is 11.9 Å². The SMILES string of the molecule is CC(CCN)CCC(=O)N[C@@H](Cc1ccccc1)C(=O)O. The normalized spacial score (nSPS) is 13.4. The maximum atomic E-state index is 11.9. The standard InChI is InChI=1S/C16H24N2O3/c1-12(9-10-17)7-8-15(19)18-14(16(20)21)11-13-5-3-2-4-6-13/h2-6,12,14H,7-11,17H2,1H3,(H,18,19)(H,20,21)/t12?,14-/m0/s1. The number of hydrogen-bond donors (Lipinski definition) is 3. The first-order chi connectivity index (χ1) is 10.0. The quantitative estimate of drug-likeness (QED) is 0.644. The number of benzene rings is 1. The summed E-state index contributed by atoms with van der Waals surface area (Å²) in [7, 11) is 0. The lowest BCUT2D eigenvalue weighted by Crippen LogP contribution is -2.42. The molecule has 4 N–H and O–H groups in total. The van der Waals surface area contributed by atoms with E-state index in [1.54, 1.807) is 0 Å². The van der Waals surface area contributed by atoms with Gasteiger partial charge in [-0.1, -0.05) is 37.3 Å². The Kier molecular flexibility index (Phi) is 7.46. The highest BCUT2D eigenvalue weighted by Gasteiger charge is 2.20. The van der Waals surface area contributed by atoms with Crippen LogP contribution in [0.1, 0.15) is 31.7 Å². The molecule has 21 heavy (non-hydrogen) atoms. The van der Waals surface area contributed by atoms with Crippen LogP contribution in [0.4, 0.5) is 0 Å². The highest BCUT2D eigenvalue weighted by Crippen LogP contribution is 2.09. The van der Waals surface area contributed by atoms with Crippen LogP contribution < -0.4 is 11.1 Å². The van der Waals surface area contributed by atoms with Gasteiger partial charge in [-0.15, -0.1) is 0 Å². The molecule has 0 fully saturated rings. The minimum atomic E-state index is -1.01. The molecule has 0 aromatic heterocycles. The van der Waals surface area contributed by atoms with Crippen molar-refractivity contribution in [1.82, 2.24) is 5.32 Å². The van der Waals surface area contributed by atoms with Gasteiger partial charge >= 0.3 is 5.97 Å². The molecule has 1 aromatic rings. The molecule has 0 aliphatic rings. The van der Waals surface area contributed by atoms with Crippen LogP contribution in [0.5, 0.6) is 0 Å². The summed E-state index contributed by atoms with van der Waals surface area (Å²) in [4.78, 5) is 23.1. The zero-order valence-corrected chi connectivity index (χ0v) is 12.4. The summed E-state index contributed by atoms with van der Waals surface area (Å²) in [5, 5.41) is 11.8. The lowest BCUT2D eigenvalue weighted by Gasteiger charge is -2.15. The molecule has 0 heterocycles. The number of carbonyl (C=O) groups is 2. The van der Waals surface area contributed by atoms with Gasteiger partial charge in [0, 0.05) is 12.8 Å². The lowest BCUT2D eigenvalue weighted by atomic mass is 10.0. The monoisotopic (exact) mass is 292 g/mol. The topological polar surface area (TPSA) is 92.4 Å². The fourth-order valence-corrected chi connectivity index (χ4v) is 2.12. The zero-order valence-electron chi connectivity index (χ0n) is 12.4. The molecular weight excluding hydrogens is 268 g/mol. The number of aliphatic carboxylic acids is 1. The van der Waals surface area contributed by atoms with Crippen LogP contribution in [-0.2, 0) is 16.0 Å². The van der Waals surface area contributed by atoms with E-state index in [0.717, 1.165) is 18.4 Å². The van der Waals surface area contributed by atoms with Gasteiger partial charge in [0.25, 0.3) is 0 Å². The number of amides is 1. The highest BCUT2D eigenvalue weighted by atomic mass is 16.4. The third-order valence-electron chi connectivity index (χ3n) is 3.44. The van der Waals surface area contributed by atoms with Crippen molar-refractivity contribution < 1.29 is 14.7 Å². The number of carboxylic acids is 1. The Labute approximate surface area is 125 Å². The van der Waals surface area contributed by atoms with Crippen LogP contribution in [0.25, 0.3) is 0 Å². The van der Waals surface area contributed by atoms with Gasteiger partial charge in [0.05, 0.1) is 0 Å². The highest BCUT2D eigenvalue weighted by molar-refractivity contribution is 5.83. The summed E-state index contributed by atoms with van der Waals surface area (Å²) in [6, 6.07) is 8.40. The molecule has 0 aliphatic carbocycles. The van der Waals surface area contributed by atoms with Crippen molar-refractivity contribution in [2.75, 3.05) is 6.54 Å². The van der Waals surface area contributed by atoms with Gasteiger partial charge in [0.1, 0.15) is 6.04 Å². The average Bonchev–Trinajstić information content (AvgIpc) is 2.46. The Morgan fingerprint density at radius 2 is 1.90 bits per heavy atom. The molecule has 0 spiro atoms. The van der Waals surface area contributed by atoms with Gasteiger partial charge < -0.3 is 16.2 Å². The molecule has 0 saturated carbocycles. The van der Waals surface area contributed by atoms with E-state index in [1.165, 1.54) is 0 Å². The lowest BCUT2D eigenvalue weighted by molar-refractivity contribution is -0.141. The Morgan fingerprint density at radius 1 is 1.24 bits per heavy atom. The molecule has 116 valence electrons. The van der Waals surface area contributed by atoms with Crippen molar-refractivity contribution in [3.63, 3.8) is 0 Å². The summed E-state index contributed by atoms with van der Waals surface area (Å²) in [6.45, 7) is 2.65. The van der Waals surface area contributed by atoms with Gasteiger partial charge in [-0.3, -0.25) is 4.79 Å². The molecule has 1 aromatic carbocycles. The van der Waals surface area contributed by atoms with Crippen LogP contribution in [-0.4, -0.2) is 29.6 Å². The maximum absolute atomic E-state index is 11.9.